The van der Waals surface area contributed by atoms with E-state index in [4.69, 9.17) is 4.74 Å². The van der Waals surface area contributed by atoms with Crippen molar-refractivity contribution in [3.8, 4) is 11.5 Å². The third kappa shape index (κ3) is 2.90. The van der Waals surface area contributed by atoms with E-state index in [2.05, 4.69) is 0 Å². The van der Waals surface area contributed by atoms with Crippen LogP contribution >= 0.6 is 11.3 Å². The third-order valence-corrected chi connectivity index (χ3v) is 3.91. The second-order valence-electron chi connectivity index (χ2n) is 4.40. The molecule has 0 fully saturated rings. The van der Waals surface area contributed by atoms with Crippen LogP contribution in [-0.4, -0.2) is 5.11 Å². The molecule has 1 aromatic heterocycles. The molecule has 0 unspecified atom stereocenters. The van der Waals surface area contributed by atoms with E-state index in [0.717, 1.165) is 21.9 Å². The van der Waals surface area contributed by atoms with E-state index in [1.54, 1.807) is 11.3 Å². The summed E-state index contributed by atoms with van der Waals surface area (Å²) in [6.45, 7) is 0. The molecule has 3 aromatic rings. The summed E-state index contributed by atoms with van der Waals surface area (Å²) in [6.07, 6.45) is -0.569. The van der Waals surface area contributed by atoms with E-state index < -0.39 is 6.10 Å². The number of aliphatic hydroxyl groups excluding tert-OH is 1. The Labute approximate surface area is 121 Å². The summed E-state index contributed by atoms with van der Waals surface area (Å²) in [4.78, 5) is 0.946. The average Bonchev–Trinajstić information content (AvgIpc) is 3.03. The second-order valence-corrected chi connectivity index (χ2v) is 5.38. The third-order valence-electron chi connectivity index (χ3n) is 2.99. The van der Waals surface area contributed by atoms with Gasteiger partial charge in [0, 0.05) is 4.88 Å². The van der Waals surface area contributed by atoms with Crippen LogP contribution in [-0.2, 0) is 0 Å². The topological polar surface area (TPSA) is 29.5 Å². The first-order valence-electron chi connectivity index (χ1n) is 6.37. The first-order valence-corrected chi connectivity index (χ1v) is 7.25. The summed E-state index contributed by atoms with van der Waals surface area (Å²) in [6, 6.07) is 21.0. The number of thiophene rings is 1. The fourth-order valence-corrected chi connectivity index (χ4v) is 2.69. The number of rotatable bonds is 4. The Morgan fingerprint density at radius 3 is 2.15 bits per heavy atom. The molecule has 1 N–H and O–H groups in total. The van der Waals surface area contributed by atoms with Crippen LogP contribution in [0.2, 0.25) is 0 Å². The van der Waals surface area contributed by atoms with Gasteiger partial charge >= 0.3 is 0 Å². The molecule has 1 heterocycles. The highest BCUT2D eigenvalue weighted by atomic mass is 32.1. The van der Waals surface area contributed by atoms with Gasteiger partial charge in [0.15, 0.2) is 0 Å². The Kier molecular flexibility index (Phi) is 3.81. The van der Waals surface area contributed by atoms with Crippen molar-refractivity contribution in [2.24, 2.45) is 0 Å². The molecule has 0 aliphatic heterocycles. The van der Waals surface area contributed by atoms with E-state index in [9.17, 15) is 5.11 Å². The van der Waals surface area contributed by atoms with Crippen LogP contribution in [0.25, 0.3) is 0 Å². The fraction of sp³-hybridized carbons (Fsp3) is 0.0588. The van der Waals surface area contributed by atoms with Crippen molar-refractivity contribution in [2.75, 3.05) is 0 Å². The molecule has 0 saturated heterocycles. The van der Waals surface area contributed by atoms with E-state index in [1.165, 1.54) is 0 Å². The molecule has 0 aliphatic rings. The number of hydrogen-bond acceptors (Lipinski definition) is 3. The molecular weight excluding hydrogens is 268 g/mol. The minimum atomic E-state index is -0.569. The zero-order valence-corrected chi connectivity index (χ0v) is 11.6. The lowest BCUT2D eigenvalue weighted by Gasteiger charge is -2.10. The molecule has 0 amide bonds. The number of hydrogen-bond donors (Lipinski definition) is 1. The Bertz CT molecular complexity index is 645. The van der Waals surface area contributed by atoms with Crippen LogP contribution in [0.15, 0.2) is 72.1 Å². The van der Waals surface area contributed by atoms with Gasteiger partial charge in [0.1, 0.15) is 17.6 Å². The molecule has 1 atom stereocenters. The number of para-hydroxylation sites is 1. The van der Waals surface area contributed by atoms with Gasteiger partial charge in [-0.25, -0.2) is 0 Å². The van der Waals surface area contributed by atoms with Gasteiger partial charge in [-0.3, -0.25) is 0 Å². The molecular formula is C17H14O2S. The SMILES string of the molecule is O[C@H](c1ccc(Oc2ccccc2)cc1)c1cccs1. The van der Waals surface area contributed by atoms with Gasteiger partial charge in [0.2, 0.25) is 0 Å². The second kappa shape index (κ2) is 5.90. The van der Waals surface area contributed by atoms with Gasteiger partial charge in [-0.15, -0.1) is 11.3 Å². The summed E-state index contributed by atoms with van der Waals surface area (Å²) < 4.78 is 5.72. The van der Waals surface area contributed by atoms with Crippen LogP contribution in [0, 0.1) is 0 Å². The molecule has 0 saturated carbocycles. The molecule has 3 heteroatoms. The Hall–Kier alpha value is -2.10. The predicted octanol–water partition coefficient (Wildman–Crippen LogP) is 4.62. The lowest BCUT2D eigenvalue weighted by molar-refractivity contribution is 0.224. The van der Waals surface area contributed by atoms with Crippen LogP contribution in [0.4, 0.5) is 0 Å². The minimum Gasteiger partial charge on any atom is -0.457 e. The summed E-state index contributed by atoms with van der Waals surface area (Å²) in [5, 5.41) is 12.2. The van der Waals surface area contributed by atoms with Crippen LogP contribution in [0.3, 0.4) is 0 Å². The maximum atomic E-state index is 10.2. The zero-order chi connectivity index (χ0) is 13.8. The summed E-state index contributed by atoms with van der Waals surface area (Å²) in [5.41, 5.74) is 0.868. The molecule has 2 aromatic carbocycles. The summed E-state index contributed by atoms with van der Waals surface area (Å²) in [7, 11) is 0. The number of benzene rings is 2. The fourth-order valence-electron chi connectivity index (χ4n) is 1.95. The van der Waals surface area contributed by atoms with Gasteiger partial charge in [0.25, 0.3) is 0 Å². The van der Waals surface area contributed by atoms with Crippen LogP contribution in [0.1, 0.15) is 16.5 Å². The Morgan fingerprint density at radius 2 is 1.50 bits per heavy atom. The monoisotopic (exact) mass is 282 g/mol. The van der Waals surface area contributed by atoms with Gasteiger partial charge < -0.3 is 9.84 Å². The molecule has 0 aliphatic carbocycles. The molecule has 0 radical (unpaired) electrons. The van der Waals surface area contributed by atoms with Gasteiger partial charge in [-0.1, -0.05) is 36.4 Å². The summed E-state index contributed by atoms with van der Waals surface area (Å²) in [5.74, 6) is 1.57. The quantitative estimate of drug-likeness (QED) is 0.756. The normalized spacial score (nSPS) is 12.1. The molecule has 20 heavy (non-hydrogen) atoms. The molecule has 100 valence electrons. The van der Waals surface area contributed by atoms with Crippen molar-refractivity contribution in [1.29, 1.82) is 0 Å². The van der Waals surface area contributed by atoms with Gasteiger partial charge in [-0.2, -0.15) is 0 Å². The lowest BCUT2D eigenvalue weighted by atomic mass is 10.1. The van der Waals surface area contributed by atoms with Gasteiger partial charge in [0.05, 0.1) is 0 Å². The Morgan fingerprint density at radius 1 is 0.800 bits per heavy atom. The van der Waals surface area contributed by atoms with Crippen molar-refractivity contribution in [1.82, 2.24) is 0 Å². The molecule has 0 spiro atoms. The molecule has 2 nitrogen and oxygen atoms in total. The summed E-state index contributed by atoms with van der Waals surface area (Å²) >= 11 is 1.55. The zero-order valence-electron chi connectivity index (χ0n) is 10.8. The smallest absolute Gasteiger partial charge is 0.127 e. The van der Waals surface area contributed by atoms with Crippen LogP contribution < -0.4 is 4.74 Å². The number of ether oxygens (including phenoxy) is 1. The largest absolute Gasteiger partial charge is 0.457 e. The highest BCUT2D eigenvalue weighted by Gasteiger charge is 2.11. The van der Waals surface area contributed by atoms with Crippen LogP contribution in [0.5, 0.6) is 11.5 Å². The molecule has 0 bridgehead atoms. The first kappa shape index (κ1) is 12.9. The number of aliphatic hydroxyl groups is 1. The average molecular weight is 282 g/mol. The molecule has 3 rings (SSSR count). The van der Waals surface area contributed by atoms with Crippen molar-refractivity contribution in [2.45, 2.75) is 6.10 Å². The van der Waals surface area contributed by atoms with Crippen molar-refractivity contribution in [3.05, 3.63) is 82.6 Å². The minimum absolute atomic E-state index is 0.569. The standard InChI is InChI=1S/C17H14O2S/c18-17(16-7-4-12-20-16)13-8-10-15(11-9-13)19-14-5-2-1-3-6-14/h1-12,17-18H/t17-/m1/s1. The Balaban J connectivity index is 1.75. The van der Waals surface area contributed by atoms with E-state index >= 15 is 0 Å². The van der Waals surface area contributed by atoms with E-state index in [0.29, 0.717) is 0 Å². The van der Waals surface area contributed by atoms with E-state index in [1.807, 2.05) is 72.1 Å². The van der Waals surface area contributed by atoms with Crippen molar-refractivity contribution < 1.29 is 9.84 Å². The van der Waals surface area contributed by atoms with E-state index in [-0.39, 0.29) is 0 Å². The maximum Gasteiger partial charge on any atom is 0.127 e. The van der Waals surface area contributed by atoms with Gasteiger partial charge in [-0.05, 0) is 41.3 Å². The highest BCUT2D eigenvalue weighted by molar-refractivity contribution is 7.10. The lowest BCUT2D eigenvalue weighted by Crippen LogP contribution is -1.96. The predicted molar refractivity (Wildman–Crippen MR) is 81.3 cm³/mol. The first-order chi connectivity index (χ1) is 9.83. The maximum absolute atomic E-state index is 10.2. The van der Waals surface area contributed by atoms with Crippen molar-refractivity contribution in [3.63, 3.8) is 0 Å². The van der Waals surface area contributed by atoms with Crippen molar-refractivity contribution >= 4 is 11.3 Å². The highest BCUT2D eigenvalue weighted by Crippen LogP contribution is 2.28.